The molecular formula is C22H18FN3O. The molecule has 5 heteroatoms. The number of aryl methyl sites for hydroxylation is 1. The summed E-state index contributed by atoms with van der Waals surface area (Å²) in [7, 11) is 0. The standard InChI is InChI=1S/C22H18FN3O/c1-15-10-11-26-14-20(25-21(26)12-15)16-6-8-18(9-7-16)24-22(27)13-17-4-2-3-5-19(17)23/h2-12,14H,13H2,1H3,(H,24,27). The Labute approximate surface area is 156 Å². The van der Waals surface area contributed by atoms with Crippen LogP contribution in [-0.4, -0.2) is 15.3 Å². The zero-order chi connectivity index (χ0) is 18.8. The van der Waals surface area contributed by atoms with Crippen molar-refractivity contribution in [3.8, 4) is 11.3 Å². The fourth-order valence-corrected chi connectivity index (χ4v) is 2.97. The molecule has 4 aromatic rings. The molecule has 0 aliphatic carbocycles. The number of amides is 1. The van der Waals surface area contributed by atoms with Crippen LogP contribution in [0.5, 0.6) is 0 Å². The number of anilines is 1. The Morgan fingerprint density at radius 3 is 2.67 bits per heavy atom. The Bertz CT molecular complexity index is 1120. The number of carbonyl (C=O) groups excluding carboxylic acids is 1. The monoisotopic (exact) mass is 359 g/mol. The fraction of sp³-hybridized carbons (Fsp3) is 0.0909. The topological polar surface area (TPSA) is 46.4 Å². The molecule has 2 aromatic heterocycles. The normalized spacial score (nSPS) is 10.9. The Hall–Kier alpha value is -3.47. The summed E-state index contributed by atoms with van der Waals surface area (Å²) in [6.45, 7) is 2.03. The van der Waals surface area contributed by atoms with Crippen LogP contribution in [0, 0.1) is 12.7 Å². The van der Waals surface area contributed by atoms with Gasteiger partial charge in [0.15, 0.2) is 0 Å². The third-order valence-electron chi connectivity index (χ3n) is 4.39. The summed E-state index contributed by atoms with van der Waals surface area (Å²) < 4.78 is 15.6. The smallest absolute Gasteiger partial charge is 0.228 e. The van der Waals surface area contributed by atoms with Gasteiger partial charge in [0, 0.05) is 23.6 Å². The highest BCUT2D eigenvalue weighted by Gasteiger charge is 2.09. The van der Waals surface area contributed by atoms with E-state index in [-0.39, 0.29) is 18.1 Å². The van der Waals surface area contributed by atoms with Gasteiger partial charge in [0.2, 0.25) is 5.91 Å². The van der Waals surface area contributed by atoms with Crippen LogP contribution >= 0.6 is 0 Å². The van der Waals surface area contributed by atoms with Crippen LogP contribution in [0.1, 0.15) is 11.1 Å². The number of rotatable bonds is 4. The number of pyridine rings is 1. The first kappa shape index (κ1) is 17.0. The number of nitrogens with zero attached hydrogens (tertiary/aromatic N) is 2. The average molecular weight is 359 g/mol. The molecule has 27 heavy (non-hydrogen) atoms. The molecule has 0 fully saturated rings. The number of benzene rings is 2. The minimum atomic E-state index is -0.370. The molecule has 1 N–H and O–H groups in total. The SMILES string of the molecule is Cc1ccn2cc(-c3ccc(NC(=O)Cc4ccccc4F)cc3)nc2c1. The molecule has 0 aliphatic heterocycles. The summed E-state index contributed by atoms with van der Waals surface area (Å²) in [6, 6.07) is 17.8. The minimum absolute atomic E-state index is 0.000210. The lowest BCUT2D eigenvalue weighted by Gasteiger charge is -2.06. The van der Waals surface area contributed by atoms with Crippen molar-refractivity contribution in [2.45, 2.75) is 13.3 Å². The Balaban J connectivity index is 1.48. The van der Waals surface area contributed by atoms with E-state index < -0.39 is 0 Å². The maximum atomic E-state index is 13.7. The summed E-state index contributed by atoms with van der Waals surface area (Å²) >= 11 is 0. The molecular weight excluding hydrogens is 341 g/mol. The van der Waals surface area contributed by atoms with Crippen molar-refractivity contribution in [2.75, 3.05) is 5.32 Å². The van der Waals surface area contributed by atoms with Crippen molar-refractivity contribution in [1.82, 2.24) is 9.38 Å². The van der Waals surface area contributed by atoms with Crippen molar-refractivity contribution in [3.05, 3.63) is 90.0 Å². The highest BCUT2D eigenvalue weighted by atomic mass is 19.1. The van der Waals surface area contributed by atoms with E-state index in [1.54, 1.807) is 18.2 Å². The van der Waals surface area contributed by atoms with Crippen LogP contribution in [0.2, 0.25) is 0 Å². The average Bonchev–Trinajstić information content (AvgIpc) is 3.07. The summed E-state index contributed by atoms with van der Waals surface area (Å²) in [6.07, 6.45) is 3.96. The lowest BCUT2D eigenvalue weighted by molar-refractivity contribution is -0.115. The van der Waals surface area contributed by atoms with Crippen molar-refractivity contribution >= 4 is 17.2 Å². The number of halogens is 1. The van der Waals surface area contributed by atoms with Gasteiger partial charge in [-0.25, -0.2) is 9.37 Å². The molecule has 2 heterocycles. The Kier molecular flexibility index (Phi) is 4.42. The van der Waals surface area contributed by atoms with Crippen LogP contribution in [0.3, 0.4) is 0 Å². The zero-order valence-electron chi connectivity index (χ0n) is 14.8. The second-order valence-corrected chi connectivity index (χ2v) is 6.49. The highest BCUT2D eigenvalue weighted by molar-refractivity contribution is 5.92. The van der Waals surface area contributed by atoms with E-state index in [9.17, 15) is 9.18 Å². The van der Waals surface area contributed by atoms with Gasteiger partial charge in [0.25, 0.3) is 0 Å². The molecule has 134 valence electrons. The van der Waals surface area contributed by atoms with E-state index in [4.69, 9.17) is 0 Å². The van der Waals surface area contributed by atoms with Crippen LogP contribution in [0.15, 0.2) is 73.1 Å². The minimum Gasteiger partial charge on any atom is -0.326 e. The number of hydrogen-bond donors (Lipinski definition) is 1. The van der Waals surface area contributed by atoms with Crippen molar-refractivity contribution in [2.24, 2.45) is 0 Å². The molecule has 4 rings (SSSR count). The van der Waals surface area contributed by atoms with E-state index in [0.717, 1.165) is 22.5 Å². The second-order valence-electron chi connectivity index (χ2n) is 6.49. The maximum absolute atomic E-state index is 13.7. The molecule has 0 saturated heterocycles. The van der Waals surface area contributed by atoms with E-state index in [0.29, 0.717) is 11.3 Å². The number of nitrogens with one attached hydrogen (secondary N) is 1. The highest BCUT2D eigenvalue weighted by Crippen LogP contribution is 2.22. The van der Waals surface area contributed by atoms with Gasteiger partial charge >= 0.3 is 0 Å². The van der Waals surface area contributed by atoms with Gasteiger partial charge in [-0.2, -0.15) is 0 Å². The van der Waals surface area contributed by atoms with Crippen LogP contribution < -0.4 is 5.32 Å². The Morgan fingerprint density at radius 1 is 1.11 bits per heavy atom. The number of hydrogen-bond acceptors (Lipinski definition) is 2. The summed E-state index contributed by atoms with van der Waals surface area (Å²) in [5.74, 6) is -0.624. The van der Waals surface area contributed by atoms with Gasteiger partial charge in [0.1, 0.15) is 11.5 Å². The summed E-state index contributed by atoms with van der Waals surface area (Å²) in [5, 5.41) is 2.80. The first-order chi connectivity index (χ1) is 13.1. The molecule has 0 atom stereocenters. The first-order valence-electron chi connectivity index (χ1n) is 8.67. The number of imidazole rings is 1. The van der Waals surface area contributed by atoms with Crippen molar-refractivity contribution in [1.29, 1.82) is 0 Å². The number of fused-ring (bicyclic) bond motifs is 1. The van der Waals surface area contributed by atoms with Gasteiger partial charge < -0.3 is 9.72 Å². The van der Waals surface area contributed by atoms with Gasteiger partial charge in [-0.05, 0) is 48.4 Å². The quantitative estimate of drug-likeness (QED) is 0.577. The molecule has 0 unspecified atom stereocenters. The second kappa shape index (κ2) is 7.03. The van der Waals surface area contributed by atoms with Crippen LogP contribution in [-0.2, 0) is 11.2 Å². The van der Waals surface area contributed by atoms with Gasteiger partial charge in [-0.15, -0.1) is 0 Å². The molecule has 1 amide bonds. The molecule has 4 nitrogen and oxygen atoms in total. The molecule has 0 aliphatic rings. The lowest BCUT2D eigenvalue weighted by Crippen LogP contribution is -2.15. The third-order valence-corrected chi connectivity index (χ3v) is 4.39. The van der Waals surface area contributed by atoms with Crippen LogP contribution in [0.4, 0.5) is 10.1 Å². The zero-order valence-corrected chi connectivity index (χ0v) is 14.8. The third kappa shape index (κ3) is 3.72. The van der Waals surface area contributed by atoms with E-state index in [1.807, 2.05) is 60.1 Å². The van der Waals surface area contributed by atoms with E-state index >= 15 is 0 Å². The fourth-order valence-electron chi connectivity index (χ4n) is 2.97. The van der Waals surface area contributed by atoms with Gasteiger partial charge in [0.05, 0.1) is 12.1 Å². The predicted octanol–water partition coefficient (Wildman–Crippen LogP) is 4.63. The molecule has 2 aromatic carbocycles. The van der Waals surface area contributed by atoms with E-state index in [2.05, 4.69) is 10.3 Å². The first-order valence-corrected chi connectivity index (χ1v) is 8.67. The maximum Gasteiger partial charge on any atom is 0.228 e. The predicted molar refractivity (Wildman–Crippen MR) is 104 cm³/mol. The largest absolute Gasteiger partial charge is 0.326 e. The molecule has 0 spiro atoms. The number of carbonyl (C=O) groups is 1. The summed E-state index contributed by atoms with van der Waals surface area (Å²) in [5.41, 5.74) is 4.93. The van der Waals surface area contributed by atoms with E-state index in [1.165, 1.54) is 6.07 Å². The number of aromatic nitrogens is 2. The van der Waals surface area contributed by atoms with Crippen molar-refractivity contribution < 1.29 is 9.18 Å². The molecule has 0 radical (unpaired) electrons. The Morgan fingerprint density at radius 2 is 1.89 bits per heavy atom. The van der Waals surface area contributed by atoms with Gasteiger partial charge in [-0.3, -0.25) is 4.79 Å². The van der Waals surface area contributed by atoms with Crippen LogP contribution in [0.25, 0.3) is 16.9 Å². The summed E-state index contributed by atoms with van der Waals surface area (Å²) in [4.78, 5) is 16.8. The molecule has 0 saturated carbocycles. The molecule has 0 bridgehead atoms. The van der Waals surface area contributed by atoms with Gasteiger partial charge in [-0.1, -0.05) is 30.3 Å². The van der Waals surface area contributed by atoms with Crippen molar-refractivity contribution in [3.63, 3.8) is 0 Å². The lowest BCUT2D eigenvalue weighted by atomic mass is 10.1.